The fourth-order valence-corrected chi connectivity index (χ4v) is 4.46. The maximum atomic E-state index is 12.7. The van der Waals surface area contributed by atoms with Crippen LogP contribution in [-0.4, -0.2) is 34.1 Å². The molecule has 0 fully saturated rings. The van der Waals surface area contributed by atoms with Gasteiger partial charge in [0.15, 0.2) is 0 Å². The Morgan fingerprint density at radius 1 is 0.833 bits per heavy atom. The van der Waals surface area contributed by atoms with Crippen molar-refractivity contribution in [3.63, 3.8) is 0 Å². The number of hydrogen-bond acceptors (Lipinski definition) is 3. The second-order valence-corrected chi connectivity index (χ2v) is 9.64. The highest BCUT2D eigenvalue weighted by atomic mass is 35.5. The van der Waals surface area contributed by atoms with Crippen molar-refractivity contribution in [1.29, 1.82) is 0 Å². The highest BCUT2D eigenvalue weighted by Gasteiger charge is 2.27. The molecule has 3 atom stereocenters. The van der Waals surface area contributed by atoms with Crippen LogP contribution >= 0.6 is 23.2 Å². The molecular formula is C28H27Cl2NO5. The Labute approximate surface area is 219 Å². The average molecular weight is 528 g/mol. The summed E-state index contributed by atoms with van der Waals surface area (Å²) in [6.45, 7) is 1.86. The smallest absolute Gasteiger partial charge is 0.307 e. The van der Waals surface area contributed by atoms with Crippen molar-refractivity contribution in [2.24, 2.45) is 5.92 Å². The molecule has 36 heavy (non-hydrogen) atoms. The summed E-state index contributed by atoms with van der Waals surface area (Å²) in [7, 11) is 0. The predicted molar refractivity (Wildman–Crippen MR) is 140 cm³/mol. The predicted octanol–water partition coefficient (Wildman–Crippen LogP) is 6.06. The molecule has 188 valence electrons. The fourth-order valence-electron chi connectivity index (χ4n) is 4.14. The molecule has 3 aromatic carbocycles. The summed E-state index contributed by atoms with van der Waals surface area (Å²) < 4.78 is 0. The van der Waals surface area contributed by atoms with Gasteiger partial charge in [-0.2, -0.15) is 0 Å². The van der Waals surface area contributed by atoms with Crippen molar-refractivity contribution in [1.82, 2.24) is 5.32 Å². The number of hydrogen-bond donors (Lipinski definition) is 3. The van der Waals surface area contributed by atoms with Gasteiger partial charge in [0.2, 0.25) is 5.91 Å². The number of carbonyl (C=O) groups is 3. The van der Waals surface area contributed by atoms with Crippen LogP contribution in [0.25, 0.3) is 11.1 Å². The molecule has 0 radical (unpaired) electrons. The monoisotopic (exact) mass is 527 g/mol. The molecule has 0 heterocycles. The minimum Gasteiger partial charge on any atom is -0.481 e. The Hall–Kier alpha value is -3.35. The number of nitrogens with one attached hydrogen (secondary N) is 1. The van der Waals surface area contributed by atoms with Gasteiger partial charge in [-0.3, -0.25) is 14.4 Å². The fraction of sp³-hybridized carbons (Fsp3) is 0.250. The largest absolute Gasteiger partial charge is 0.481 e. The Bertz CT molecular complexity index is 1210. The third-order valence-corrected chi connectivity index (χ3v) is 6.55. The molecule has 3 rings (SSSR count). The summed E-state index contributed by atoms with van der Waals surface area (Å²) in [5, 5.41) is 22.4. The lowest BCUT2D eigenvalue weighted by Gasteiger charge is -2.26. The van der Waals surface area contributed by atoms with E-state index in [1.807, 2.05) is 79.7 Å². The molecule has 0 aliphatic carbocycles. The third-order valence-electron chi connectivity index (χ3n) is 6.06. The first-order valence-electron chi connectivity index (χ1n) is 11.5. The highest BCUT2D eigenvalue weighted by molar-refractivity contribution is 6.31. The molecule has 0 spiro atoms. The Kier molecular flexibility index (Phi) is 9.51. The molecule has 0 aliphatic heterocycles. The number of rotatable bonds is 11. The topological polar surface area (TPSA) is 104 Å². The van der Waals surface area contributed by atoms with Crippen molar-refractivity contribution in [2.45, 2.75) is 38.1 Å². The van der Waals surface area contributed by atoms with Crippen molar-refractivity contribution in [3.05, 3.63) is 94.0 Å². The van der Waals surface area contributed by atoms with Crippen LogP contribution in [0.2, 0.25) is 10.0 Å². The SMILES string of the molecule is CC(NC(=O)CC(CC(=O)O)C(=O)O)C(Cc1ccc(Cl)cc1)c1ccc(-c2cccc(Cl)c2)cc1. The number of carboxylic acids is 2. The van der Waals surface area contributed by atoms with Crippen LogP contribution in [0, 0.1) is 5.92 Å². The van der Waals surface area contributed by atoms with Gasteiger partial charge in [-0.25, -0.2) is 0 Å². The first kappa shape index (κ1) is 27.2. The summed E-state index contributed by atoms with van der Waals surface area (Å²) >= 11 is 12.2. The molecule has 0 bridgehead atoms. The van der Waals surface area contributed by atoms with Crippen LogP contribution in [0.3, 0.4) is 0 Å². The molecule has 8 heteroatoms. The molecule has 0 aliphatic rings. The van der Waals surface area contributed by atoms with Gasteiger partial charge >= 0.3 is 11.9 Å². The lowest BCUT2D eigenvalue weighted by atomic mass is 9.85. The molecule has 0 aromatic heterocycles. The van der Waals surface area contributed by atoms with Gasteiger partial charge in [0.25, 0.3) is 0 Å². The molecule has 0 saturated carbocycles. The number of carboxylic acid groups (broad SMARTS) is 2. The van der Waals surface area contributed by atoms with E-state index >= 15 is 0 Å². The Morgan fingerprint density at radius 2 is 1.50 bits per heavy atom. The lowest BCUT2D eigenvalue weighted by molar-refractivity contribution is -0.149. The van der Waals surface area contributed by atoms with Crippen LogP contribution in [0.15, 0.2) is 72.8 Å². The molecule has 3 N–H and O–H groups in total. The van der Waals surface area contributed by atoms with Gasteiger partial charge in [-0.15, -0.1) is 0 Å². The van der Waals surface area contributed by atoms with Crippen LogP contribution < -0.4 is 5.32 Å². The second-order valence-electron chi connectivity index (χ2n) is 8.76. The first-order chi connectivity index (χ1) is 17.1. The second kappa shape index (κ2) is 12.6. The summed E-state index contributed by atoms with van der Waals surface area (Å²) in [4.78, 5) is 35.0. The van der Waals surface area contributed by atoms with E-state index in [1.54, 1.807) is 0 Å². The minimum atomic E-state index is -1.31. The standard InChI is InChI=1S/C28H27Cl2NO5/c1-17(31-26(32)15-22(28(35)36)16-27(33)34)25(13-18-5-11-23(29)12-6-18)20-9-7-19(8-10-20)21-3-2-4-24(30)14-21/h2-12,14,17,22,25H,13,15-16H2,1H3,(H,31,32)(H,33,34)(H,35,36). The summed E-state index contributed by atoms with van der Waals surface area (Å²) in [6, 6.07) is 22.7. The number of carbonyl (C=O) groups excluding carboxylic acids is 1. The van der Waals surface area contributed by atoms with Crippen molar-refractivity contribution in [3.8, 4) is 11.1 Å². The zero-order valence-corrected chi connectivity index (χ0v) is 21.2. The number of aliphatic carboxylic acids is 2. The summed E-state index contributed by atoms with van der Waals surface area (Å²) in [5.41, 5.74) is 4.01. The summed E-state index contributed by atoms with van der Waals surface area (Å²) in [6.07, 6.45) is -0.420. The van der Waals surface area contributed by atoms with E-state index in [2.05, 4.69) is 5.32 Å². The van der Waals surface area contributed by atoms with E-state index in [0.29, 0.717) is 16.5 Å². The van der Waals surface area contributed by atoms with E-state index in [4.69, 9.17) is 28.3 Å². The molecule has 0 saturated heterocycles. The first-order valence-corrected chi connectivity index (χ1v) is 12.2. The van der Waals surface area contributed by atoms with E-state index in [0.717, 1.165) is 22.3 Å². The lowest BCUT2D eigenvalue weighted by Crippen LogP contribution is -2.39. The Balaban J connectivity index is 1.82. The molecule has 3 aromatic rings. The van der Waals surface area contributed by atoms with Crippen molar-refractivity contribution >= 4 is 41.0 Å². The van der Waals surface area contributed by atoms with Crippen molar-refractivity contribution in [2.75, 3.05) is 0 Å². The van der Waals surface area contributed by atoms with Gasteiger partial charge in [0, 0.05) is 28.4 Å². The maximum absolute atomic E-state index is 12.7. The quantitative estimate of drug-likeness (QED) is 0.281. The maximum Gasteiger partial charge on any atom is 0.307 e. The van der Waals surface area contributed by atoms with Gasteiger partial charge in [0.05, 0.1) is 12.3 Å². The van der Waals surface area contributed by atoms with Gasteiger partial charge in [0.1, 0.15) is 0 Å². The van der Waals surface area contributed by atoms with Gasteiger partial charge in [-0.1, -0.05) is 71.7 Å². The van der Waals surface area contributed by atoms with E-state index in [-0.39, 0.29) is 12.0 Å². The summed E-state index contributed by atoms with van der Waals surface area (Å²) in [5.74, 6) is -4.50. The molecule has 1 amide bonds. The van der Waals surface area contributed by atoms with Crippen LogP contribution in [0.5, 0.6) is 0 Å². The van der Waals surface area contributed by atoms with E-state index < -0.39 is 36.6 Å². The number of amides is 1. The molecule has 3 unspecified atom stereocenters. The zero-order valence-electron chi connectivity index (χ0n) is 19.7. The van der Waals surface area contributed by atoms with E-state index in [9.17, 15) is 19.5 Å². The van der Waals surface area contributed by atoms with Gasteiger partial charge in [-0.05, 0) is 59.9 Å². The molecular weight excluding hydrogens is 501 g/mol. The molecule has 6 nitrogen and oxygen atoms in total. The minimum absolute atomic E-state index is 0.133. The third kappa shape index (κ3) is 7.83. The number of benzene rings is 3. The van der Waals surface area contributed by atoms with Crippen LogP contribution in [0.4, 0.5) is 0 Å². The number of halogens is 2. The van der Waals surface area contributed by atoms with E-state index in [1.165, 1.54) is 0 Å². The van der Waals surface area contributed by atoms with Crippen LogP contribution in [-0.2, 0) is 20.8 Å². The van der Waals surface area contributed by atoms with Crippen molar-refractivity contribution < 1.29 is 24.6 Å². The normalized spacial score (nSPS) is 13.4. The average Bonchev–Trinajstić information content (AvgIpc) is 2.83. The highest BCUT2D eigenvalue weighted by Crippen LogP contribution is 2.29. The Morgan fingerprint density at radius 3 is 2.08 bits per heavy atom. The van der Waals surface area contributed by atoms with Crippen LogP contribution in [0.1, 0.15) is 36.8 Å². The van der Waals surface area contributed by atoms with Gasteiger partial charge < -0.3 is 15.5 Å². The zero-order chi connectivity index (χ0) is 26.2.